The predicted molar refractivity (Wildman–Crippen MR) is 102 cm³/mol. The van der Waals surface area contributed by atoms with E-state index in [0.717, 1.165) is 17.9 Å². The molecule has 2 aromatic rings. The first-order valence-electron chi connectivity index (χ1n) is 8.58. The van der Waals surface area contributed by atoms with E-state index in [2.05, 4.69) is 29.6 Å². The fourth-order valence-electron chi connectivity index (χ4n) is 3.14. The monoisotopic (exact) mass is 357 g/mol. The average Bonchev–Trinajstić information content (AvgIpc) is 2.97. The van der Waals surface area contributed by atoms with Crippen molar-refractivity contribution in [1.29, 1.82) is 0 Å². The van der Waals surface area contributed by atoms with E-state index in [9.17, 15) is 4.79 Å². The van der Waals surface area contributed by atoms with E-state index < -0.39 is 0 Å². The number of alkyl carbamates (subject to hydrolysis) is 1. The normalized spacial score (nSPS) is 12.5. The summed E-state index contributed by atoms with van der Waals surface area (Å²) in [6.07, 6.45) is 0.417. The molecule has 132 valence electrons. The van der Waals surface area contributed by atoms with Crippen LogP contribution in [0, 0.1) is 0 Å². The first kappa shape index (κ1) is 17.8. The van der Waals surface area contributed by atoms with Crippen molar-refractivity contribution in [3.05, 3.63) is 59.7 Å². The Hall–Kier alpha value is -1.98. The molecule has 25 heavy (non-hydrogen) atoms. The fraction of sp³-hybridized carbons (Fsp3) is 0.350. The zero-order valence-electron chi connectivity index (χ0n) is 14.1. The van der Waals surface area contributed by atoms with Gasteiger partial charge in [0.05, 0.1) is 0 Å². The number of nitrogens with one attached hydrogen (secondary N) is 1. The van der Waals surface area contributed by atoms with E-state index in [-0.39, 0.29) is 18.6 Å². The van der Waals surface area contributed by atoms with E-state index in [1.54, 1.807) is 11.8 Å². The van der Waals surface area contributed by atoms with E-state index in [1.807, 2.05) is 24.3 Å². The summed E-state index contributed by atoms with van der Waals surface area (Å²) < 4.78 is 5.47. The molecule has 0 aromatic heterocycles. The molecule has 0 radical (unpaired) electrons. The minimum Gasteiger partial charge on any atom is -0.449 e. The second-order valence-corrected chi connectivity index (χ2v) is 7.17. The summed E-state index contributed by atoms with van der Waals surface area (Å²) in [4.78, 5) is 11.9. The summed E-state index contributed by atoms with van der Waals surface area (Å²) in [6.45, 7) is 1.14. The molecule has 1 amide bonds. The van der Waals surface area contributed by atoms with Gasteiger partial charge in [-0.3, -0.25) is 0 Å². The number of rotatable bonds is 8. The molecular weight excluding hydrogens is 334 g/mol. The van der Waals surface area contributed by atoms with Crippen LogP contribution in [0.4, 0.5) is 4.79 Å². The number of aliphatic hydroxyl groups excluding tert-OH is 1. The Kier molecular flexibility index (Phi) is 6.36. The van der Waals surface area contributed by atoms with Crippen LogP contribution in [-0.4, -0.2) is 42.5 Å². The van der Waals surface area contributed by atoms with Gasteiger partial charge in [-0.1, -0.05) is 48.5 Å². The Morgan fingerprint density at radius 2 is 1.68 bits per heavy atom. The van der Waals surface area contributed by atoms with E-state index in [0.29, 0.717) is 13.2 Å². The number of hydrogen-bond acceptors (Lipinski definition) is 4. The third-order valence-electron chi connectivity index (χ3n) is 4.31. The Bertz CT molecular complexity index is 674. The van der Waals surface area contributed by atoms with Crippen LogP contribution in [0.15, 0.2) is 48.5 Å². The summed E-state index contributed by atoms with van der Waals surface area (Å²) in [5.74, 6) is 1.82. The molecule has 4 nitrogen and oxygen atoms in total. The summed E-state index contributed by atoms with van der Waals surface area (Å²) >= 11 is 1.71. The lowest BCUT2D eigenvalue weighted by molar-refractivity contribution is 0.143. The number of aliphatic hydroxyl groups is 1. The number of amides is 1. The van der Waals surface area contributed by atoms with Crippen LogP contribution in [0.3, 0.4) is 0 Å². The second-order valence-electron chi connectivity index (χ2n) is 5.94. The second kappa shape index (κ2) is 8.92. The van der Waals surface area contributed by atoms with Crippen molar-refractivity contribution in [3.8, 4) is 11.1 Å². The van der Waals surface area contributed by atoms with Gasteiger partial charge in [0, 0.05) is 24.8 Å². The van der Waals surface area contributed by atoms with Crippen LogP contribution in [0.2, 0.25) is 0 Å². The molecule has 1 aliphatic rings. The van der Waals surface area contributed by atoms with Crippen LogP contribution in [-0.2, 0) is 4.74 Å². The van der Waals surface area contributed by atoms with Gasteiger partial charge < -0.3 is 15.2 Å². The van der Waals surface area contributed by atoms with Gasteiger partial charge in [0.15, 0.2) is 0 Å². The quantitative estimate of drug-likeness (QED) is 0.708. The smallest absolute Gasteiger partial charge is 0.407 e. The summed E-state index contributed by atoms with van der Waals surface area (Å²) in [6, 6.07) is 16.6. The van der Waals surface area contributed by atoms with Gasteiger partial charge >= 0.3 is 6.09 Å². The van der Waals surface area contributed by atoms with Crippen LogP contribution >= 0.6 is 11.8 Å². The molecular formula is C20H23NO3S. The third-order valence-corrected chi connectivity index (χ3v) is 5.38. The number of carbonyl (C=O) groups is 1. The summed E-state index contributed by atoms with van der Waals surface area (Å²) in [5.41, 5.74) is 4.90. The van der Waals surface area contributed by atoms with Crippen LogP contribution < -0.4 is 5.32 Å². The van der Waals surface area contributed by atoms with Gasteiger partial charge in [-0.25, -0.2) is 4.79 Å². The molecule has 0 saturated carbocycles. The van der Waals surface area contributed by atoms with E-state index in [1.165, 1.54) is 22.3 Å². The number of carbonyl (C=O) groups excluding carboxylic acids is 1. The number of hydrogen-bond donors (Lipinski definition) is 2. The minimum absolute atomic E-state index is 0.0945. The molecule has 0 saturated heterocycles. The molecule has 0 spiro atoms. The van der Waals surface area contributed by atoms with Gasteiger partial charge in [0.2, 0.25) is 0 Å². The van der Waals surface area contributed by atoms with Crippen LogP contribution in [0.5, 0.6) is 0 Å². The highest BCUT2D eigenvalue weighted by molar-refractivity contribution is 7.99. The molecule has 0 bridgehead atoms. The summed E-state index contributed by atoms with van der Waals surface area (Å²) in [7, 11) is 0. The first-order chi connectivity index (χ1) is 12.3. The van der Waals surface area contributed by atoms with Crippen molar-refractivity contribution >= 4 is 17.9 Å². The van der Waals surface area contributed by atoms with Crippen LogP contribution in [0.1, 0.15) is 23.5 Å². The Balaban J connectivity index is 1.52. The Morgan fingerprint density at radius 3 is 2.32 bits per heavy atom. The molecule has 2 aromatic carbocycles. The van der Waals surface area contributed by atoms with Gasteiger partial charge in [0.1, 0.15) is 6.61 Å². The van der Waals surface area contributed by atoms with Gasteiger partial charge in [0.25, 0.3) is 0 Å². The van der Waals surface area contributed by atoms with Crippen molar-refractivity contribution in [2.75, 3.05) is 31.3 Å². The maximum atomic E-state index is 11.9. The van der Waals surface area contributed by atoms with Gasteiger partial charge in [-0.05, 0) is 34.4 Å². The number of fused-ring (bicyclic) bond motifs is 3. The Labute approximate surface area is 152 Å². The molecule has 1 aliphatic carbocycles. The van der Waals surface area contributed by atoms with Gasteiger partial charge in [-0.2, -0.15) is 11.8 Å². The third kappa shape index (κ3) is 4.35. The molecule has 0 aliphatic heterocycles. The zero-order valence-corrected chi connectivity index (χ0v) is 14.9. The Morgan fingerprint density at radius 1 is 1.04 bits per heavy atom. The maximum absolute atomic E-state index is 11.9. The standard InChI is InChI=1S/C20H23NO3S/c22-11-5-12-25-13-10-21-20(23)24-14-19-17-8-3-1-6-15(17)16-7-2-4-9-18(16)19/h1-4,6-9,19,22H,5,10-14H2,(H,21,23). The molecule has 0 heterocycles. The molecule has 0 atom stereocenters. The molecule has 0 unspecified atom stereocenters. The highest BCUT2D eigenvalue weighted by Crippen LogP contribution is 2.44. The first-order valence-corrected chi connectivity index (χ1v) is 9.74. The molecule has 0 fully saturated rings. The topological polar surface area (TPSA) is 58.6 Å². The number of thioether (sulfide) groups is 1. The van der Waals surface area contributed by atoms with E-state index in [4.69, 9.17) is 9.84 Å². The van der Waals surface area contributed by atoms with Crippen molar-refractivity contribution in [3.63, 3.8) is 0 Å². The molecule has 2 N–H and O–H groups in total. The highest BCUT2D eigenvalue weighted by Gasteiger charge is 2.28. The van der Waals surface area contributed by atoms with Crippen molar-refractivity contribution in [1.82, 2.24) is 5.32 Å². The lowest BCUT2D eigenvalue weighted by Gasteiger charge is -2.14. The van der Waals surface area contributed by atoms with Crippen molar-refractivity contribution < 1.29 is 14.6 Å². The van der Waals surface area contributed by atoms with Gasteiger partial charge in [-0.15, -0.1) is 0 Å². The largest absolute Gasteiger partial charge is 0.449 e. The summed E-state index contributed by atoms with van der Waals surface area (Å²) in [5, 5.41) is 11.5. The van der Waals surface area contributed by atoms with E-state index >= 15 is 0 Å². The minimum atomic E-state index is -0.371. The average molecular weight is 357 g/mol. The maximum Gasteiger partial charge on any atom is 0.407 e. The lowest BCUT2D eigenvalue weighted by atomic mass is 9.98. The molecule has 5 heteroatoms. The predicted octanol–water partition coefficient (Wildman–Crippen LogP) is 3.64. The highest BCUT2D eigenvalue weighted by atomic mass is 32.2. The number of ether oxygens (including phenoxy) is 1. The fourth-order valence-corrected chi connectivity index (χ4v) is 3.93. The SMILES string of the molecule is O=C(NCCSCCCO)OCC1c2ccccc2-c2ccccc21. The van der Waals surface area contributed by atoms with Crippen molar-refractivity contribution in [2.24, 2.45) is 0 Å². The molecule has 3 rings (SSSR count). The van der Waals surface area contributed by atoms with Crippen molar-refractivity contribution in [2.45, 2.75) is 12.3 Å². The van der Waals surface area contributed by atoms with Crippen LogP contribution in [0.25, 0.3) is 11.1 Å². The lowest BCUT2D eigenvalue weighted by Crippen LogP contribution is -2.28. The number of benzene rings is 2. The zero-order chi connectivity index (χ0) is 17.5.